The SMILES string of the molecule is O=C(O)C(NS(=O)(=O)c1ccc(F)cc1Cl)C1CC1. The highest BCUT2D eigenvalue weighted by Crippen LogP contribution is 2.34. The van der Waals surface area contributed by atoms with Crippen LogP contribution in [0.2, 0.25) is 5.02 Å². The van der Waals surface area contributed by atoms with E-state index in [4.69, 9.17) is 16.7 Å². The fourth-order valence-electron chi connectivity index (χ4n) is 1.70. The molecule has 1 unspecified atom stereocenters. The van der Waals surface area contributed by atoms with E-state index in [1.54, 1.807) is 0 Å². The van der Waals surface area contributed by atoms with E-state index >= 15 is 0 Å². The van der Waals surface area contributed by atoms with Crippen LogP contribution < -0.4 is 4.72 Å². The van der Waals surface area contributed by atoms with Gasteiger partial charge in [-0.15, -0.1) is 0 Å². The minimum atomic E-state index is -4.09. The van der Waals surface area contributed by atoms with Crippen LogP contribution in [-0.4, -0.2) is 25.5 Å². The second-order valence-electron chi connectivity index (χ2n) is 4.35. The summed E-state index contributed by atoms with van der Waals surface area (Å²) in [5.74, 6) is -2.10. The van der Waals surface area contributed by atoms with Crippen LogP contribution in [-0.2, 0) is 14.8 Å². The molecular weight excluding hydrogens is 297 g/mol. The van der Waals surface area contributed by atoms with E-state index in [1.807, 2.05) is 0 Å². The highest BCUT2D eigenvalue weighted by molar-refractivity contribution is 7.89. The van der Waals surface area contributed by atoms with Gasteiger partial charge in [-0.05, 0) is 37.0 Å². The van der Waals surface area contributed by atoms with E-state index < -0.39 is 27.9 Å². The number of carboxylic acids is 1. The summed E-state index contributed by atoms with van der Waals surface area (Å²) in [6, 6.07) is 1.65. The molecule has 0 aliphatic heterocycles. The van der Waals surface area contributed by atoms with E-state index in [0.29, 0.717) is 12.8 Å². The number of carboxylic acid groups (broad SMARTS) is 1. The molecule has 1 aliphatic carbocycles. The Balaban J connectivity index is 2.29. The van der Waals surface area contributed by atoms with E-state index in [-0.39, 0.29) is 15.8 Å². The van der Waals surface area contributed by atoms with Crippen LogP contribution in [0.5, 0.6) is 0 Å². The summed E-state index contributed by atoms with van der Waals surface area (Å²) in [5, 5.41) is 8.70. The van der Waals surface area contributed by atoms with Gasteiger partial charge in [0.25, 0.3) is 0 Å². The van der Waals surface area contributed by atoms with E-state index in [1.165, 1.54) is 0 Å². The molecule has 8 heteroatoms. The van der Waals surface area contributed by atoms with Crippen LogP contribution >= 0.6 is 11.6 Å². The lowest BCUT2D eigenvalue weighted by Gasteiger charge is -2.14. The van der Waals surface area contributed by atoms with E-state index in [2.05, 4.69) is 4.72 Å². The van der Waals surface area contributed by atoms with E-state index in [9.17, 15) is 17.6 Å². The zero-order valence-corrected chi connectivity index (χ0v) is 11.2. The summed E-state index contributed by atoms with van der Waals surface area (Å²) in [5.41, 5.74) is 0. The molecule has 1 fully saturated rings. The molecule has 0 bridgehead atoms. The smallest absolute Gasteiger partial charge is 0.322 e. The molecule has 19 heavy (non-hydrogen) atoms. The second-order valence-corrected chi connectivity index (χ2v) is 6.44. The third-order valence-electron chi connectivity index (χ3n) is 2.83. The van der Waals surface area contributed by atoms with Gasteiger partial charge in [-0.1, -0.05) is 11.6 Å². The number of rotatable bonds is 5. The monoisotopic (exact) mass is 307 g/mol. The summed E-state index contributed by atoms with van der Waals surface area (Å²) >= 11 is 5.67. The Morgan fingerprint density at radius 1 is 1.47 bits per heavy atom. The van der Waals surface area contributed by atoms with Crippen LogP contribution in [0.4, 0.5) is 4.39 Å². The predicted molar refractivity (Wildman–Crippen MR) is 65.9 cm³/mol. The first kappa shape index (κ1) is 14.2. The molecule has 0 aromatic heterocycles. The minimum Gasteiger partial charge on any atom is -0.480 e. The average Bonchev–Trinajstić information content (AvgIpc) is 3.08. The number of hydrogen-bond donors (Lipinski definition) is 2. The van der Waals surface area contributed by atoms with Gasteiger partial charge in [-0.3, -0.25) is 4.79 Å². The summed E-state index contributed by atoms with van der Waals surface area (Å²) in [7, 11) is -4.09. The Morgan fingerprint density at radius 2 is 2.11 bits per heavy atom. The lowest BCUT2D eigenvalue weighted by molar-refractivity contribution is -0.139. The highest BCUT2D eigenvalue weighted by Gasteiger charge is 2.39. The summed E-state index contributed by atoms with van der Waals surface area (Å²) < 4.78 is 39.0. The van der Waals surface area contributed by atoms with Gasteiger partial charge in [0.15, 0.2) is 0 Å². The Morgan fingerprint density at radius 3 is 2.58 bits per heavy atom. The van der Waals surface area contributed by atoms with Gasteiger partial charge in [0.2, 0.25) is 10.0 Å². The summed E-state index contributed by atoms with van der Waals surface area (Å²) in [6.07, 6.45) is 1.33. The summed E-state index contributed by atoms with van der Waals surface area (Å²) in [6.45, 7) is 0. The molecule has 1 saturated carbocycles. The van der Waals surface area contributed by atoms with Crippen molar-refractivity contribution in [3.8, 4) is 0 Å². The Labute approximate surface area is 114 Å². The normalized spacial score (nSPS) is 17.2. The van der Waals surface area contributed by atoms with Crippen molar-refractivity contribution in [1.82, 2.24) is 4.72 Å². The van der Waals surface area contributed by atoms with Crippen molar-refractivity contribution in [2.45, 2.75) is 23.8 Å². The standard InChI is InChI=1S/C11H11ClFNO4S/c12-8-5-7(13)3-4-9(8)19(17,18)14-10(11(15)16)6-1-2-6/h3-6,10,14H,1-2H2,(H,15,16). The largest absolute Gasteiger partial charge is 0.480 e. The minimum absolute atomic E-state index is 0.202. The first-order valence-corrected chi connectivity index (χ1v) is 7.37. The Hall–Kier alpha value is -1.18. The number of nitrogens with one attached hydrogen (secondary N) is 1. The van der Waals surface area contributed by atoms with Gasteiger partial charge in [0, 0.05) is 0 Å². The van der Waals surface area contributed by atoms with Crippen LogP contribution in [0.1, 0.15) is 12.8 Å². The Bertz CT molecular complexity index is 615. The molecule has 0 spiro atoms. The fourth-order valence-corrected chi connectivity index (χ4v) is 3.49. The number of benzene rings is 1. The van der Waals surface area contributed by atoms with Crippen molar-refractivity contribution in [3.63, 3.8) is 0 Å². The van der Waals surface area contributed by atoms with Gasteiger partial charge in [0.05, 0.1) is 5.02 Å². The Kier molecular flexibility index (Phi) is 3.80. The molecule has 0 heterocycles. The third-order valence-corrected chi connectivity index (χ3v) is 4.75. The van der Waals surface area contributed by atoms with Crippen molar-refractivity contribution in [1.29, 1.82) is 0 Å². The van der Waals surface area contributed by atoms with Crippen LogP contribution in [0, 0.1) is 11.7 Å². The first-order valence-electron chi connectivity index (χ1n) is 5.51. The number of aliphatic carboxylic acids is 1. The number of sulfonamides is 1. The molecular formula is C11H11ClFNO4S. The van der Waals surface area contributed by atoms with Gasteiger partial charge in [0.1, 0.15) is 16.8 Å². The average molecular weight is 308 g/mol. The van der Waals surface area contributed by atoms with Gasteiger partial charge in [-0.25, -0.2) is 12.8 Å². The molecule has 2 N–H and O–H groups in total. The number of halogens is 2. The number of carbonyl (C=O) groups is 1. The molecule has 2 rings (SSSR count). The molecule has 5 nitrogen and oxygen atoms in total. The fraction of sp³-hybridized carbons (Fsp3) is 0.364. The zero-order chi connectivity index (χ0) is 14.2. The second kappa shape index (κ2) is 5.07. The molecule has 0 radical (unpaired) electrons. The van der Waals surface area contributed by atoms with Crippen molar-refractivity contribution in [2.75, 3.05) is 0 Å². The quantitative estimate of drug-likeness (QED) is 0.866. The first-order chi connectivity index (χ1) is 8.81. The predicted octanol–water partition coefficient (Wildman–Crippen LogP) is 1.62. The summed E-state index contributed by atoms with van der Waals surface area (Å²) in [4.78, 5) is 10.7. The molecule has 1 aliphatic rings. The lowest BCUT2D eigenvalue weighted by Crippen LogP contribution is -2.42. The molecule has 104 valence electrons. The van der Waals surface area contributed by atoms with Crippen LogP contribution in [0.15, 0.2) is 23.1 Å². The maximum atomic E-state index is 12.9. The van der Waals surface area contributed by atoms with Gasteiger partial charge < -0.3 is 5.11 Å². The van der Waals surface area contributed by atoms with Gasteiger partial charge in [-0.2, -0.15) is 4.72 Å². The zero-order valence-electron chi connectivity index (χ0n) is 9.64. The van der Waals surface area contributed by atoms with Crippen LogP contribution in [0.3, 0.4) is 0 Å². The lowest BCUT2D eigenvalue weighted by atomic mass is 10.2. The van der Waals surface area contributed by atoms with Crippen molar-refractivity contribution in [3.05, 3.63) is 29.0 Å². The maximum Gasteiger partial charge on any atom is 0.322 e. The highest BCUT2D eigenvalue weighted by atomic mass is 35.5. The molecule has 1 aromatic rings. The molecule has 0 saturated heterocycles. The van der Waals surface area contributed by atoms with Crippen molar-refractivity contribution < 1.29 is 22.7 Å². The topological polar surface area (TPSA) is 83.5 Å². The molecule has 1 aromatic carbocycles. The van der Waals surface area contributed by atoms with Crippen LogP contribution in [0.25, 0.3) is 0 Å². The van der Waals surface area contributed by atoms with Crippen molar-refractivity contribution in [2.24, 2.45) is 5.92 Å². The van der Waals surface area contributed by atoms with Gasteiger partial charge >= 0.3 is 5.97 Å². The molecule has 1 atom stereocenters. The third kappa shape index (κ3) is 3.23. The molecule has 0 amide bonds. The van der Waals surface area contributed by atoms with E-state index in [0.717, 1.165) is 18.2 Å². The van der Waals surface area contributed by atoms with Crippen molar-refractivity contribution >= 4 is 27.6 Å². The number of hydrogen-bond acceptors (Lipinski definition) is 3. The maximum absolute atomic E-state index is 12.9.